The molecule has 0 bridgehead atoms. The Balaban J connectivity index is 1.09. The van der Waals surface area contributed by atoms with E-state index in [4.69, 9.17) is 4.98 Å². The zero-order chi connectivity index (χ0) is 23.5. The summed E-state index contributed by atoms with van der Waals surface area (Å²) >= 11 is 1.74. The molecule has 1 amide bonds. The number of hydrogen-bond donors (Lipinski definition) is 0. The fraction of sp³-hybridized carbons (Fsp3) is 0.440. The fourth-order valence-corrected chi connectivity index (χ4v) is 7.18. The third-order valence-corrected chi connectivity index (χ3v) is 9.61. The summed E-state index contributed by atoms with van der Waals surface area (Å²) < 4.78 is 28.1. The number of sulfonamides is 1. The molecule has 0 radical (unpaired) electrons. The molecule has 34 heavy (non-hydrogen) atoms. The molecule has 2 saturated heterocycles. The number of hydrogen-bond acceptors (Lipinski definition) is 6. The second kappa shape index (κ2) is 10.1. The smallest absolute Gasteiger partial charge is 0.243 e. The average molecular weight is 499 g/mol. The number of amides is 1. The molecule has 2 aromatic carbocycles. The molecule has 0 N–H and O–H groups in total. The lowest BCUT2D eigenvalue weighted by Crippen LogP contribution is -2.48. The first-order chi connectivity index (χ1) is 16.5. The van der Waals surface area contributed by atoms with Crippen molar-refractivity contribution in [3.63, 3.8) is 0 Å². The summed E-state index contributed by atoms with van der Waals surface area (Å²) in [5, 5.41) is 1.12. The van der Waals surface area contributed by atoms with Crippen LogP contribution < -0.4 is 0 Å². The van der Waals surface area contributed by atoms with Crippen LogP contribution in [0.3, 0.4) is 0 Å². The van der Waals surface area contributed by atoms with Gasteiger partial charge < -0.3 is 4.90 Å². The number of carbonyl (C=O) groups excluding carboxylic acids is 1. The number of benzene rings is 2. The predicted octanol–water partition coefficient (Wildman–Crippen LogP) is 3.36. The van der Waals surface area contributed by atoms with Crippen LogP contribution in [-0.4, -0.2) is 72.7 Å². The summed E-state index contributed by atoms with van der Waals surface area (Å²) in [5.41, 5.74) is 2.04. The first-order valence-corrected chi connectivity index (χ1v) is 14.2. The monoisotopic (exact) mass is 498 g/mol. The number of rotatable bonds is 7. The molecule has 5 rings (SSSR count). The Morgan fingerprint density at radius 3 is 2.32 bits per heavy atom. The molecule has 0 aliphatic carbocycles. The number of piperazine rings is 1. The number of para-hydroxylation sites is 1. The van der Waals surface area contributed by atoms with E-state index >= 15 is 0 Å². The Labute approximate surface area is 205 Å². The van der Waals surface area contributed by atoms with Gasteiger partial charge in [-0.1, -0.05) is 24.3 Å². The highest BCUT2D eigenvalue weighted by molar-refractivity contribution is 7.89. The number of aromatic nitrogens is 1. The van der Waals surface area contributed by atoms with Crippen molar-refractivity contribution in [2.45, 2.75) is 37.1 Å². The molecule has 1 aromatic heterocycles. The Morgan fingerprint density at radius 2 is 1.62 bits per heavy atom. The van der Waals surface area contributed by atoms with Crippen LogP contribution in [0.15, 0.2) is 53.4 Å². The molecule has 2 aliphatic heterocycles. The van der Waals surface area contributed by atoms with Crippen LogP contribution in [0.1, 0.15) is 29.8 Å². The lowest BCUT2D eigenvalue weighted by atomic mass is 10.1. The van der Waals surface area contributed by atoms with Crippen LogP contribution in [0.25, 0.3) is 10.2 Å². The molecule has 7 nitrogen and oxygen atoms in total. The molecule has 2 aliphatic rings. The second-order valence-electron chi connectivity index (χ2n) is 8.99. The van der Waals surface area contributed by atoms with E-state index in [1.54, 1.807) is 27.8 Å². The highest BCUT2D eigenvalue weighted by Crippen LogP contribution is 2.24. The predicted molar refractivity (Wildman–Crippen MR) is 134 cm³/mol. The molecule has 0 unspecified atom stereocenters. The van der Waals surface area contributed by atoms with Crippen molar-refractivity contribution < 1.29 is 13.2 Å². The number of carbonyl (C=O) groups is 1. The normalized spacial score (nSPS) is 18.1. The van der Waals surface area contributed by atoms with E-state index in [9.17, 15) is 13.2 Å². The van der Waals surface area contributed by atoms with Gasteiger partial charge in [-0.2, -0.15) is 4.31 Å². The number of nitrogens with zero attached hydrogens (tertiary/aromatic N) is 4. The third kappa shape index (κ3) is 5.17. The highest BCUT2D eigenvalue weighted by Gasteiger charge is 2.27. The minimum absolute atomic E-state index is 0.161. The lowest BCUT2D eigenvalue weighted by Gasteiger charge is -2.34. The molecule has 3 heterocycles. The zero-order valence-corrected chi connectivity index (χ0v) is 20.9. The average Bonchev–Trinajstić information content (AvgIpc) is 3.54. The van der Waals surface area contributed by atoms with Crippen LogP contribution in [0.2, 0.25) is 0 Å². The topological polar surface area (TPSA) is 73.8 Å². The Kier molecular flexibility index (Phi) is 6.96. The summed E-state index contributed by atoms with van der Waals surface area (Å²) in [7, 11) is -3.39. The van der Waals surface area contributed by atoms with E-state index in [0.717, 1.165) is 61.7 Å². The summed E-state index contributed by atoms with van der Waals surface area (Å²) in [5.74, 6) is 0.161. The van der Waals surface area contributed by atoms with Crippen LogP contribution in [-0.2, 0) is 27.8 Å². The highest BCUT2D eigenvalue weighted by atomic mass is 32.2. The van der Waals surface area contributed by atoms with Crippen molar-refractivity contribution in [1.82, 2.24) is 19.1 Å². The van der Waals surface area contributed by atoms with Gasteiger partial charge in [-0.3, -0.25) is 9.69 Å². The summed E-state index contributed by atoms with van der Waals surface area (Å²) in [6.07, 6.45) is 2.91. The van der Waals surface area contributed by atoms with Gasteiger partial charge in [-0.25, -0.2) is 13.4 Å². The quantitative estimate of drug-likeness (QED) is 0.500. The maximum absolute atomic E-state index is 12.7. The van der Waals surface area contributed by atoms with E-state index in [2.05, 4.69) is 11.0 Å². The minimum atomic E-state index is -3.39. The van der Waals surface area contributed by atoms with Crippen LogP contribution >= 0.6 is 11.3 Å². The molecule has 0 saturated carbocycles. The van der Waals surface area contributed by atoms with E-state index in [0.29, 0.717) is 30.8 Å². The maximum Gasteiger partial charge on any atom is 0.243 e. The van der Waals surface area contributed by atoms with Crippen LogP contribution in [0.4, 0.5) is 0 Å². The first-order valence-electron chi connectivity index (χ1n) is 11.9. The van der Waals surface area contributed by atoms with E-state index < -0.39 is 10.0 Å². The minimum Gasteiger partial charge on any atom is -0.340 e. The molecular formula is C25H30N4O3S2. The van der Waals surface area contributed by atoms with Gasteiger partial charge in [0.2, 0.25) is 15.9 Å². The molecule has 0 spiro atoms. The zero-order valence-electron chi connectivity index (χ0n) is 19.2. The van der Waals surface area contributed by atoms with Crippen molar-refractivity contribution in [3.8, 4) is 0 Å². The van der Waals surface area contributed by atoms with Crippen molar-refractivity contribution in [1.29, 1.82) is 0 Å². The van der Waals surface area contributed by atoms with E-state index in [-0.39, 0.29) is 5.91 Å². The van der Waals surface area contributed by atoms with Gasteiger partial charge in [-0.15, -0.1) is 11.3 Å². The summed E-state index contributed by atoms with van der Waals surface area (Å²) in [6, 6.07) is 15.2. The van der Waals surface area contributed by atoms with Gasteiger partial charge in [0.25, 0.3) is 0 Å². The molecule has 0 atom stereocenters. The van der Waals surface area contributed by atoms with Crippen molar-refractivity contribution >= 4 is 37.5 Å². The molecule has 180 valence electrons. The first kappa shape index (κ1) is 23.4. The van der Waals surface area contributed by atoms with Gasteiger partial charge in [0.1, 0.15) is 5.01 Å². The second-order valence-corrected chi connectivity index (χ2v) is 12.0. The van der Waals surface area contributed by atoms with Crippen molar-refractivity contribution in [3.05, 3.63) is 59.1 Å². The standard InChI is InChI=1S/C25H30N4O3S2/c30-25(12-9-20-7-10-21(11-8-20)34(31,32)29-13-3-4-14-29)28-17-15-27(16-18-28)19-24-26-22-5-1-2-6-23(22)33-24/h1-2,5-8,10-11H,3-4,9,12-19H2. The molecule has 2 fully saturated rings. The Hall–Kier alpha value is -2.33. The van der Waals surface area contributed by atoms with Crippen LogP contribution in [0, 0.1) is 0 Å². The number of aryl methyl sites for hydroxylation is 1. The number of thiazole rings is 1. The molecular weight excluding hydrogens is 468 g/mol. The molecule has 9 heteroatoms. The Morgan fingerprint density at radius 1 is 0.912 bits per heavy atom. The van der Waals surface area contributed by atoms with E-state index in [1.165, 1.54) is 4.70 Å². The van der Waals surface area contributed by atoms with Gasteiger partial charge in [0.15, 0.2) is 0 Å². The van der Waals surface area contributed by atoms with Crippen molar-refractivity contribution in [2.75, 3.05) is 39.3 Å². The van der Waals surface area contributed by atoms with Gasteiger partial charge in [0.05, 0.1) is 21.7 Å². The van der Waals surface area contributed by atoms with Gasteiger partial charge in [-0.05, 0) is 49.1 Å². The fourth-order valence-electron chi connectivity index (χ4n) is 4.65. The van der Waals surface area contributed by atoms with E-state index in [1.807, 2.05) is 35.2 Å². The van der Waals surface area contributed by atoms with Gasteiger partial charge >= 0.3 is 0 Å². The van der Waals surface area contributed by atoms with Gasteiger partial charge in [0, 0.05) is 45.7 Å². The SMILES string of the molecule is O=C(CCc1ccc(S(=O)(=O)N2CCCC2)cc1)N1CCN(Cc2nc3ccccc3s2)CC1. The largest absolute Gasteiger partial charge is 0.340 e. The third-order valence-electron chi connectivity index (χ3n) is 6.68. The van der Waals surface area contributed by atoms with Crippen molar-refractivity contribution in [2.24, 2.45) is 0 Å². The molecule has 3 aromatic rings. The number of fused-ring (bicyclic) bond motifs is 1. The summed E-state index contributed by atoms with van der Waals surface area (Å²) in [6.45, 7) is 5.20. The van der Waals surface area contributed by atoms with Crippen LogP contribution in [0.5, 0.6) is 0 Å². The Bertz CT molecular complexity index is 1210. The summed E-state index contributed by atoms with van der Waals surface area (Å²) in [4.78, 5) is 22.1. The maximum atomic E-state index is 12.7. The lowest BCUT2D eigenvalue weighted by molar-refractivity contribution is -0.133.